The molecule has 0 radical (unpaired) electrons. The SMILES string of the molecule is C[C@H](C(=O)N1CC(=O)Nc2ccccc21)[NH+]1CCC(Cc2ccccc2)CC1. The zero-order valence-electron chi connectivity index (χ0n) is 16.4. The Morgan fingerprint density at radius 1 is 1.11 bits per heavy atom. The third-order valence-electron chi connectivity index (χ3n) is 6.13. The van der Waals surface area contributed by atoms with Gasteiger partial charge in [0.15, 0.2) is 6.04 Å². The first-order valence-corrected chi connectivity index (χ1v) is 10.2. The highest BCUT2D eigenvalue weighted by molar-refractivity contribution is 6.10. The van der Waals surface area contributed by atoms with Crippen LogP contribution in [0.3, 0.4) is 0 Å². The Morgan fingerprint density at radius 2 is 1.79 bits per heavy atom. The molecule has 2 amide bonds. The smallest absolute Gasteiger partial charge is 0.285 e. The maximum atomic E-state index is 13.2. The van der Waals surface area contributed by atoms with Gasteiger partial charge in [-0.05, 0) is 49.8 Å². The van der Waals surface area contributed by atoms with Crippen LogP contribution in [0.25, 0.3) is 0 Å². The minimum atomic E-state index is -0.142. The van der Waals surface area contributed by atoms with E-state index in [2.05, 4.69) is 35.6 Å². The summed E-state index contributed by atoms with van der Waals surface area (Å²) in [6.45, 7) is 4.12. The molecule has 2 aromatic rings. The molecule has 28 heavy (non-hydrogen) atoms. The van der Waals surface area contributed by atoms with Crippen LogP contribution in [0.15, 0.2) is 54.6 Å². The predicted molar refractivity (Wildman–Crippen MR) is 110 cm³/mol. The number of carbonyl (C=O) groups is 2. The highest BCUT2D eigenvalue weighted by atomic mass is 16.2. The fourth-order valence-electron chi connectivity index (χ4n) is 4.47. The number of anilines is 2. The molecule has 0 aliphatic carbocycles. The quantitative estimate of drug-likeness (QED) is 0.854. The van der Waals surface area contributed by atoms with Crippen molar-refractivity contribution in [2.24, 2.45) is 5.92 Å². The molecule has 2 aromatic carbocycles. The number of piperidine rings is 1. The minimum Gasteiger partial charge on any atom is -0.325 e. The summed E-state index contributed by atoms with van der Waals surface area (Å²) in [5, 5.41) is 2.85. The zero-order chi connectivity index (χ0) is 19.5. The first-order chi connectivity index (χ1) is 13.6. The van der Waals surface area contributed by atoms with Gasteiger partial charge in [0.25, 0.3) is 5.91 Å². The number of rotatable bonds is 4. The molecular formula is C23H28N3O2+. The van der Waals surface area contributed by atoms with Gasteiger partial charge in [0.1, 0.15) is 6.54 Å². The lowest BCUT2D eigenvalue weighted by atomic mass is 9.89. The molecule has 1 atom stereocenters. The lowest BCUT2D eigenvalue weighted by molar-refractivity contribution is -0.920. The van der Waals surface area contributed by atoms with Crippen molar-refractivity contribution in [1.82, 2.24) is 0 Å². The number of hydrogen-bond donors (Lipinski definition) is 2. The maximum Gasteiger partial charge on any atom is 0.285 e. The van der Waals surface area contributed by atoms with Crippen LogP contribution in [-0.4, -0.2) is 37.5 Å². The van der Waals surface area contributed by atoms with Gasteiger partial charge in [0.05, 0.1) is 24.5 Å². The summed E-state index contributed by atoms with van der Waals surface area (Å²) in [6, 6.07) is 18.0. The van der Waals surface area contributed by atoms with E-state index >= 15 is 0 Å². The van der Waals surface area contributed by atoms with Crippen molar-refractivity contribution in [1.29, 1.82) is 0 Å². The molecule has 0 spiro atoms. The fraction of sp³-hybridized carbons (Fsp3) is 0.391. The summed E-state index contributed by atoms with van der Waals surface area (Å²) < 4.78 is 0. The van der Waals surface area contributed by atoms with Crippen molar-refractivity contribution < 1.29 is 14.5 Å². The molecule has 0 bridgehead atoms. The van der Waals surface area contributed by atoms with Gasteiger partial charge in [-0.15, -0.1) is 0 Å². The van der Waals surface area contributed by atoms with Gasteiger partial charge in [0.2, 0.25) is 5.91 Å². The lowest BCUT2D eigenvalue weighted by Crippen LogP contribution is -3.17. The van der Waals surface area contributed by atoms with Crippen LogP contribution in [0.4, 0.5) is 11.4 Å². The number of fused-ring (bicyclic) bond motifs is 1. The summed E-state index contributed by atoms with van der Waals surface area (Å²) in [7, 11) is 0. The average Bonchev–Trinajstić information content (AvgIpc) is 2.73. The number of nitrogens with zero attached hydrogens (tertiary/aromatic N) is 1. The van der Waals surface area contributed by atoms with E-state index in [1.165, 1.54) is 10.5 Å². The summed E-state index contributed by atoms with van der Waals surface area (Å²) in [4.78, 5) is 28.2. The van der Waals surface area contributed by atoms with Gasteiger partial charge in [-0.1, -0.05) is 42.5 Å². The summed E-state index contributed by atoms with van der Waals surface area (Å²) in [5.74, 6) is 0.601. The van der Waals surface area contributed by atoms with Crippen LogP contribution in [0.5, 0.6) is 0 Å². The van der Waals surface area contributed by atoms with Gasteiger partial charge in [0, 0.05) is 0 Å². The Bertz CT molecular complexity index is 844. The second-order valence-corrected chi connectivity index (χ2v) is 8.00. The van der Waals surface area contributed by atoms with Crippen molar-refractivity contribution in [3.8, 4) is 0 Å². The normalized spacial score (nSPS) is 22.9. The third kappa shape index (κ3) is 3.94. The number of carbonyl (C=O) groups excluding carboxylic acids is 2. The zero-order valence-corrected chi connectivity index (χ0v) is 16.4. The Labute approximate surface area is 166 Å². The number of hydrogen-bond acceptors (Lipinski definition) is 2. The minimum absolute atomic E-state index is 0.0406. The summed E-state index contributed by atoms with van der Waals surface area (Å²) >= 11 is 0. The van der Waals surface area contributed by atoms with Crippen molar-refractivity contribution in [2.45, 2.75) is 32.2 Å². The summed E-state index contributed by atoms with van der Waals surface area (Å²) in [6.07, 6.45) is 3.40. The maximum absolute atomic E-state index is 13.2. The van der Waals surface area contributed by atoms with Crippen LogP contribution in [0.2, 0.25) is 0 Å². The van der Waals surface area contributed by atoms with E-state index in [0.29, 0.717) is 5.92 Å². The van der Waals surface area contributed by atoms with Crippen LogP contribution in [0.1, 0.15) is 25.3 Å². The van der Waals surface area contributed by atoms with Crippen LogP contribution < -0.4 is 15.1 Å². The predicted octanol–water partition coefficient (Wildman–Crippen LogP) is 1.90. The Morgan fingerprint density at radius 3 is 2.54 bits per heavy atom. The molecule has 2 N–H and O–H groups in total. The van der Waals surface area contributed by atoms with E-state index < -0.39 is 0 Å². The van der Waals surface area contributed by atoms with Gasteiger partial charge in [-0.25, -0.2) is 0 Å². The second kappa shape index (κ2) is 8.15. The van der Waals surface area contributed by atoms with Crippen LogP contribution >= 0.6 is 0 Å². The molecule has 1 fully saturated rings. The fourth-order valence-corrected chi connectivity index (χ4v) is 4.47. The molecule has 0 unspecified atom stereocenters. The largest absolute Gasteiger partial charge is 0.325 e. The Hall–Kier alpha value is -2.66. The molecule has 0 aromatic heterocycles. The molecule has 146 valence electrons. The van der Waals surface area contributed by atoms with E-state index in [4.69, 9.17) is 0 Å². The average molecular weight is 378 g/mol. The van der Waals surface area contributed by atoms with Crippen molar-refractivity contribution >= 4 is 23.2 Å². The first kappa shape index (κ1) is 18.7. The molecular weight excluding hydrogens is 350 g/mol. The Kier molecular flexibility index (Phi) is 5.44. The van der Waals surface area contributed by atoms with E-state index in [-0.39, 0.29) is 24.4 Å². The number of para-hydroxylation sites is 2. The van der Waals surface area contributed by atoms with Gasteiger partial charge < -0.3 is 10.2 Å². The molecule has 5 heteroatoms. The highest BCUT2D eigenvalue weighted by Gasteiger charge is 2.36. The Balaban J connectivity index is 1.38. The molecule has 4 rings (SSSR count). The van der Waals surface area contributed by atoms with Crippen LogP contribution in [-0.2, 0) is 16.0 Å². The molecule has 0 saturated carbocycles. The van der Waals surface area contributed by atoms with Crippen molar-refractivity contribution in [3.05, 3.63) is 60.2 Å². The standard InChI is InChI=1S/C23H27N3O2/c1-17(23(28)26-16-22(27)24-20-9-5-6-10-21(20)26)25-13-11-19(12-14-25)15-18-7-3-2-4-8-18/h2-10,17,19H,11-16H2,1H3,(H,24,27)/p+1/t17-/m1/s1. The number of nitrogens with one attached hydrogen (secondary N) is 2. The highest BCUT2D eigenvalue weighted by Crippen LogP contribution is 2.29. The molecule has 5 nitrogen and oxygen atoms in total. The van der Waals surface area contributed by atoms with Crippen LogP contribution in [0, 0.1) is 5.92 Å². The van der Waals surface area contributed by atoms with Gasteiger partial charge >= 0.3 is 0 Å². The second-order valence-electron chi connectivity index (χ2n) is 8.00. The topological polar surface area (TPSA) is 53.9 Å². The molecule has 1 saturated heterocycles. The first-order valence-electron chi connectivity index (χ1n) is 10.2. The number of benzene rings is 2. The van der Waals surface area contributed by atoms with Gasteiger partial charge in [-0.3, -0.25) is 14.5 Å². The van der Waals surface area contributed by atoms with Gasteiger partial charge in [-0.2, -0.15) is 0 Å². The number of quaternary nitrogens is 1. The van der Waals surface area contributed by atoms with E-state index in [1.807, 2.05) is 31.2 Å². The number of amides is 2. The van der Waals surface area contributed by atoms with E-state index in [9.17, 15) is 9.59 Å². The summed E-state index contributed by atoms with van der Waals surface area (Å²) in [5.41, 5.74) is 2.92. The molecule has 2 aliphatic heterocycles. The van der Waals surface area contributed by atoms with E-state index in [1.54, 1.807) is 4.90 Å². The molecule has 2 aliphatic rings. The lowest BCUT2D eigenvalue weighted by Gasteiger charge is -2.36. The monoisotopic (exact) mass is 378 g/mol. The van der Waals surface area contributed by atoms with Crippen molar-refractivity contribution in [2.75, 3.05) is 29.9 Å². The van der Waals surface area contributed by atoms with Crippen molar-refractivity contribution in [3.63, 3.8) is 0 Å². The molecule has 2 heterocycles. The third-order valence-corrected chi connectivity index (χ3v) is 6.13. The number of likely N-dealkylation sites (tertiary alicyclic amines) is 1. The van der Waals surface area contributed by atoms with E-state index in [0.717, 1.165) is 43.7 Å².